The first-order valence-corrected chi connectivity index (χ1v) is 6.61. The molecule has 1 amide bonds. The summed E-state index contributed by atoms with van der Waals surface area (Å²) in [6, 6.07) is 11.7. The van der Waals surface area contributed by atoms with Gasteiger partial charge in [-0.3, -0.25) is 4.79 Å². The van der Waals surface area contributed by atoms with Gasteiger partial charge in [0.1, 0.15) is 11.4 Å². The van der Waals surface area contributed by atoms with Crippen molar-refractivity contribution in [2.75, 3.05) is 5.32 Å². The predicted molar refractivity (Wildman–Crippen MR) is 80.0 cm³/mol. The van der Waals surface area contributed by atoms with E-state index in [9.17, 15) is 9.18 Å². The lowest BCUT2D eigenvalue weighted by atomic mass is 10.1. The number of nitrogens with one attached hydrogen (secondary N) is 1. The number of carbonyl (C=O) groups is 1. The van der Waals surface area contributed by atoms with Crippen molar-refractivity contribution in [3.8, 4) is 0 Å². The normalized spacial score (nSPS) is 10.8. The highest BCUT2D eigenvalue weighted by atomic mass is 19.1. The number of hydrogen-bond acceptors (Lipinski definition) is 2. The van der Waals surface area contributed by atoms with Crippen LogP contribution in [0.5, 0.6) is 0 Å². The second-order valence-electron chi connectivity index (χ2n) is 5.02. The van der Waals surface area contributed by atoms with Crippen LogP contribution in [0.3, 0.4) is 0 Å². The van der Waals surface area contributed by atoms with Gasteiger partial charge in [-0.15, -0.1) is 0 Å². The Labute approximate surface area is 121 Å². The van der Waals surface area contributed by atoms with Gasteiger partial charge in [-0.25, -0.2) is 4.39 Å². The van der Waals surface area contributed by atoms with Crippen LogP contribution in [0, 0.1) is 19.7 Å². The number of furan rings is 1. The van der Waals surface area contributed by atoms with Crippen molar-refractivity contribution >= 4 is 22.6 Å². The Kier molecular flexibility index (Phi) is 3.22. The summed E-state index contributed by atoms with van der Waals surface area (Å²) in [4.78, 5) is 12.3. The van der Waals surface area contributed by atoms with Crippen LogP contribution < -0.4 is 5.32 Å². The van der Waals surface area contributed by atoms with E-state index in [-0.39, 0.29) is 17.5 Å². The highest BCUT2D eigenvalue weighted by Crippen LogP contribution is 2.26. The summed E-state index contributed by atoms with van der Waals surface area (Å²) in [7, 11) is 0. The zero-order valence-electron chi connectivity index (χ0n) is 11.7. The highest BCUT2D eigenvalue weighted by Gasteiger charge is 2.18. The van der Waals surface area contributed by atoms with Crippen LogP contribution in [-0.4, -0.2) is 5.91 Å². The van der Waals surface area contributed by atoms with Gasteiger partial charge in [-0.2, -0.15) is 0 Å². The molecule has 0 aliphatic rings. The van der Waals surface area contributed by atoms with Crippen molar-refractivity contribution in [1.82, 2.24) is 0 Å². The number of amides is 1. The van der Waals surface area contributed by atoms with E-state index in [0.29, 0.717) is 22.2 Å². The monoisotopic (exact) mass is 283 g/mol. The summed E-state index contributed by atoms with van der Waals surface area (Å²) >= 11 is 0. The largest absolute Gasteiger partial charge is 0.451 e. The van der Waals surface area contributed by atoms with Crippen LogP contribution in [0.4, 0.5) is 10.1 Å². The van der Waals surface area contributed by atoms with E-state index in [1.165, 1.54) is 18.2 Å². The van der Waals surface area contributed by atoms with Gasteiger partial charge in [0, 0.05) is 16.6 Å². The molecule has 0 unspecified atom stereocenters. The number of aryl methyl sites for hydroxylation is 2. The van der Waals surface area contributed by atoms with Crippen LogP contribution in [0.25, 0.3) is 11.0 Å². The van der Waals surface area contributed by atoms with Gasteiger partial charge in [0.2, 0.25) is 0 Å². The van der Waals surface area contributed by atoms with Crippen molar-refractivity contribution in [3.05, 3.63) is 65.2 Å². The van der Waals surface area contributed by atoms with Crippen LogP contribution in [0.2, 0.25) is 0 Å². The first kappa shape index (κ1) is 13.4. The molecule has 106 valence electrons. The molecular formula is C17H14FNO2. The molecule has 3 aromatic rings. The Morgan fingerprint density at radius 3 is 2.52 bits per heavy atom. The second kappa shape index (κ2) is 5.05. The Bertz CT molecular complexity index is 819. The zero-order chi connectivity index (χ0) is 15.0. The Hall–Kier alpha value is -2.62. The molecule has 1 aromatic heterocycles. The van der Waals surface area contributed by atoms with E-state index in [0.717, 1.165) is 5.56 Å². The summed E-state index contributed by atoms with van der Waals surface area (Å²) in [5.74, 6) is -0.485. The molecule has 0 fully saturated rings. The van der Waals surface area contributed by atoms with Crippen molar-refractivity contribution in [2.24, 2.45) is 0 Å². The molecule has 0 atom stereocenters. The molecular weight excluding hydrogens is 269 g/mol. The number of halogens is 1. The molecule has 0 saturated heterocycles. The van der Waals surface area contributed by atoms with Gasteiger partial charge < -0.3 is 9.73 Å². The van der Waals surface area contributed by atoms with Crippen molar-refractivity contribution in [3.63, 3.8) is 0 Å². The molecule has 0 aliphatic carbocycles. The first-order chi connectivity index (χ1) is 10.0. The number of rotatable bonds is 2. The summed E-state index contributed by atoms with van der Waals surface area (Å²) in [5.41, 5.74) is 2.94. The summed E-state index contributed by atoms with van der Waals surface area (Å²) in [6.45, 7) is 3.72. The predicted octanol–water partition coefficient (Wildman–Crippen LogP) is 4.44. The van der Waals surface area contributed by atoms with Gasteiger partial charge in [-0.1, -0.05) is 17.7 Å². The molecule has 0 aliphatic heterocycles. The van der Waals surface area contributed by atoms with E-state index in [4.69, 9.17) is 4.42 Å². The third kappa shape index (κ3) is 2.52. The minimum Gasteiger partial charge on any atom is -0.451 e. The lowest BCUT2D eigenvalue weighted by Crippen LogP contribution is -2.11. The molecule has 2 aromatic carbocycles. The lowest BCUT2D eigenvalue weighted by Gasteiger charge is -2.04. The topological polar surface area (TPSA) is 42.2 Å². The summed E-state index contributed by atoms with van der Waals surface area (Å²) in [5, 5.41) is 3.39. The molecule has 3 nitrogen and oxygen atoms in total. The third-order valence-corrected chi connectivity index (χ3v) is 3.41. The molecule has 3 rings (SSSR count). The molecule has 4 heteroatoms. The summed E-state index contributed by atoms with van der Waals surface area (Å²) in [6.07, 6.45) is 0. The van der Waals surface area contributed by atoms with Gasteiger partial charge >= 0.3 is 0 Å². The van der Waals surface area contributed by atoms with Crippen LogP contribution in [0.1, 0.15) is 21.7 Å². The number of fused-ring (bicyclic) bond motifs is 1. The second-order valence-corrected chi connectivity index (χ2v) is 5.02. The maximum absolute atomic E-state index is 13.3. The smallest absolute Gasteiger partial charge is 0.291 e. The van der Waals surface area contributed by atoms with Gasteiger partial charge in [0.25, 0.3) is 5.91 Å². The number of carbonyl (C=O) groups excluding carboxylic acids is 1. The maximum atomic E-state index is 13.3. The van der Waals surface area contributed by atoms with E-state index in [1.54, 1.807) is 6.92 Å². The minimum absolute atomic E-state index is 0.205. The number of anilines is 1. The standard InChI is InChI=1S/C17H14FNO2/c1-10-3-6-13(7-4-10)19-17(20)16-11(2)14-9-12(18)5-8-15(14)21-16/h3-9H,1-2H3,(H,19,20). The fourth-order valence-corrected chi connectivity index (χ4v) is 2.23. The van der Waals surface area contributed by atoms with Crippen LogP contribution >= 0.6 is 0 Å². The van der Waals surface area contributed by atoms with Gasteiger partial charge in [0.05, 0.1) is 0 Å². The third-order valence-electron chi connectivity index (χ3n) is 3.41. The van der Waals surface area contributed by atoms with Crippen LogP contribution in [0.15, 0.2) is 46.9 Å². The lowest BCUT2D eigenvalue weighted by molar-refractivity contribution is 0.0998. The molecule has 0 radical (unpaired) electrons. The molecule has 0 bridgehead atoms. The van der Waals surface area contributed by atoms with Crippen LogP contribution in [-0.2, 0) is 0 Å². The Morgan fingerprint density at radius 1 is 1.10 bits per heavy atom. The van der Waals surface area contributed by atoms with Gasteiger partial charge in [-0.05, 0) is 44.2 Å². The quantitative estimate of drug-likeness (QED) is 0.755. The molecule has 1 heterocycles. The fourth-order valence-electron chi connectivity index (χ4n) is 2.23. The maximum Gasteiger partial charge on any atom is 0.291 e. The zero-order valence-corrected chi connectivity index (χ0v) is 11.7. The average molecular weight is 283 g/mol. The Morgan fingerprint density at radius 2 is 1.81 bits per heavy atom. The molecule has 0 spiro atoms. The molecule has 0 saturated carbocycles. The number of benzene rings is 2. The van der Waals surface area contributed by atoms with E-state index >= 15 is 0 Å². The van der Waals surface area contributed by atoms with Crippen molar-refractivity contribution in [2.45, 2.75) is 13.8 Å². The Balaban J connectivity index is 1.94. The van der Waals surface area contributed by atoms with Gasteiger partial charge in [0.15, 0.2) is 5.76 Å². The SMILES string of the molecule is Cc1ccc(NC(=O)c2oc3ccc(F)cc3c2C)cc1. The first-order valence-electron chi connectivity index (χ1n) is 6.61. The van der Waals surface area contributed by atoms with E-state index in [1.807, 2.05) is 31.2 Å². The van der Waals surface area contributed by atoms with E-state index in [2.05, 4.69) is 5.32 Å². The fraction of sp³-hybridized carbons (Fsp3) is 0.118. The minimum atomic E-state index is -0.350. The van der Waals surface area contributed by atoms with Crippen molar-refractivity contribution < 1.29 is 13.6 Å². The van der Waals surface area contributed by atoms with E-state index < -0.39 is 0 Å². The van der Waals surface area contributed by atoms with Crippen molar-refractivity contribution in [1.29, 1.82) is 0 Å². The summed E-state index contributed by atoms with van der Waals surface area (Å²) < 4.78 is 18.8. The molecule has 1 N–H and O–H groups in total. The molecule has 21 heavy (non-hydrogen) atoms. The highest BCUT2D eigenvalue weighted by molar-refractivity contribution is 6.06. The average Bonchev–Trinajstić information content (AvgIpc) is 2.79. The number of hydrogen-bond donors (Lipinski definition) is 1.